The summed E-state index contributed by atoms with van der Waals surface area (Å²) in [5.74, 6) is -1.02. The van der Waals surface area contributed by atoms with Crippen LogP contribution in [0.2, 0.25) is 0 Å². The van der Waals surface area contributed by atoms with Crippen LogP contribution in [0.3, 0.4) is 0 Å². The molecule has 1 aromatic heterocycles. The highest BCUT2D eigenvalue weighted by Crippen LogP contribution is 2.19. The van der Waals surface area contributed by atoms with Crippen molar-refractivity contribution in [2.45, 2.75) is 33.4 Å². The first-order valence-electron chi connectivity index (χ1n) is 4.51. The number of carboxylic acid groups (broad SMARTS) is 1. The van der Waals surface area contributed by atoms with Gasteiger partial charge in [-0.05, 0) is 20.8 Å². The van der Waals surface area contributed by atoms with Crippen LogP contribution in [-0.2, 0) is 11.3 Å². The molecule has 5 nitrogen and oxygen atoms in total. The van der Waals surface area contributed by atoms with Crippen LogP contribution in [0.5, 0.6) is 0 Å². The van der Waals surface area contributed by atoms with Gasteiger partial charge >= 0.3 is 5.97 Å². The molecular formula is C9H15N3O2. The number of rotatable bonds is 3. The Bertz CT molecular complexity index is 357. The number of nitrogens with two attached hydrogens (primary N) is 1. The zero-order valence-corrected chi connectivity index (χ0v) is 8.61. The molecule has 78 valence electrons. The summed E-state index contributed by atoms with van der Waals surface area (Å²) in [6.45, 7) is 6.29. The SMILES string of the molecule is CCn1nc(C)c(C(N)C(=O)O)c1C. The molecule has 1 rings (SSSR count). The Balaban J connectivity index is 3.20. The van der Waals surface area contributed by atoms with E-state index in [9.17, 15) is 4.79 Å². The molecule has 0 saturated carbocycles. The van der Waals surface area contributed by atoms with Gasteiger partial charge in [-0.15, -0.1) is 0 Å². The van der Waals surface area contributed by atoms with Gasteiger partial charge in [-0.25, -0.2) is 0 Å². The second kappa shape index (κ2) is 3.79. The summed E-state index contributed by atoms with van der Waals surface area (Å²) < 4.78 is 1.76. The number of nitrogens with zero attached hydrogens (tertiary/aromatic N) is 2. The second-order valence-corrected chi connectivity index (χ2v) is 3.22. The maximum Gasteiger partial charge on any atom is 0.325 e. The zero-order valence-electron chi connectivity index (χ0n) is 8.61. The Kier molecular flexibility index (Phi) is 2.90. The lowest BCUT2D eigenvalue weighted by Crippen LogP contribution is -2.22. The van der Waals surface area contributed by atoms with Crippen LogP contribution in [0, 0.1) is 13.8 Å². The summed E-state index contributed by atoms with van der Waals surface area (Å²) in [5.41, 5.74) is 7.71. The predicted molar refractivity (Wildman–Crippen MR) is 51.9 cm³/mol. The van der Waals surface area contributed by atoms with Crippen LogP contribution in [0.15, 0.2) is 0 Å². The molecule has 1 atom stereocenters. The normalized spacial score (nSPS) is 12.9. The minimum Gasteiger partial charge on any atom is -0.480 e. The molecule has 0 radical (unpaired) electrons. The highest BCUT2D eigenvalue weighted by atomic mass is 16.4. The fraction of sp³-hybridized carbons (Fsp3) is 0.556. The second-order valence-electron chi connectivity index (χ2n) is 3.22. The molecule has 0 aromatic carbocycles. The van der Waals surface area contributed by atoms with Gasteiger partial charge < -0.3 is 10.8 Å². The largest absolute Gasteiger partial charge is 0.480 e. The Morgan fingerprint density at radius 1 is 1.64 bits per heavy atom. The Hall–Kier alpha value is -1.36. The van der Waals surface area contributed by atoms with E-state index in [4.69, 9.17) is 10.8 Å². The quantitative estimate of drug-likeness (QED) is 0.743. The lowest BCUT2D eigenvalue weighted by Gasteiger charge is -2.06. The van der Waals surface area contributed by atoms with Crippen molar-refractivity contribution < 1.29 is 9.90 Å². The third-order valence-electron chi connectivity index (χ3n) is 2.31. The summed E-state index contributed by atoms with van der Waals surface area (Å²) in [6.07, 6.45) is 0. The van der Waals surface area contributed by atoms with E-state index in [1.165, 1.54) is 0 Å². The smallest absolute Gasteiger partial charge is 0.325 e. The van der Waals surface area contributed by atoms with Crippen LogP contribution in [0.25, 0.3) is 0 Å². The van der Waals surface area contributed by atoms with E-state index >= 15 is 0 Å². The van der Waals surface area contributed by atoms with Crippen molar-refractivity contribution in [2.75, 3.05) is 0 Å². The van der Waals surface area contributed by atoms with Crippen molar-refractivity contribution in [2.24, 2.45) is 5.73 Å². The van der Waals surface area contributed by atoms with Crippen LogP contribution >= 0.6 is 0 Å². The molecule has 0 aliphatic carbocycles. The summed E-state index contributed by atoms with van der Waals surface area (Å²) in [5, 5.41) is 13.0. The Morgan fingerprint density at radius 3 is 2.57 bits per heavy atom. The lowest BCUT2D eigenvalue weighted by molar-refractivity contribution is -0.138. The highest BCUT2D eigenvalue weighted by molar-refractivity contribution is 5.76. The van der Waals surface area contributed by atoms with Crippen LogP contribution in [0.1, 0.15) is 29.9 Å². The molecule has 1 heterocycles. The van der Waals surface area contributed by atoms with E-state index in [-0.39, 0.29) is 0 Å². The van der Waals surface area contributed by atoms with Crippen LogP contribution < -0.4 is 5.73 Å². The van der Waals surface area contributed by atoms with E-state index in [0.29, 0.717) is 11.3 Å². The first kappa shape index (κ1) is 10.7. The summed E-state index contributed by atoms with van der Waals surface area (Å²) in [7, 11) is 0. The molecule has 0 saturated heterocycles. The molecule has 0 aliphatic heterocycles. The van der Waals surface area contributed by atoms with E-state index < -0.39 is 12.0 Å². The first-order chi connectivity index (χ1) is 6.49. The van der Waals surface area contributed by atoms with Crippen molar-refractivity contribution in [3.05, 3.63) is 17.0 Å². The van der Waals surface area contributed by atoms with Gasteiger partial charge in [0.1, 0.15) is 6.04 Å². The molecule has 3 N–H and O–H groups in total. The third-order valence-corrected chi connectivity index (χ3v) is 2.31. The number of hydrogen-bond donors (Lipinski definition) is 2. The van der Waals surface area contributed by atoms with Gasteiger partial charge in [0.05, 0.1) is 5.69 Å². The fourth-order valence-corrected chi connectivity index (χ4v) is 1.59. The highest BCUT2D eigenvalue weighted by Gasteiger charge is 2.22. The molecular weight excluding hydrogens is 182 g/mol. The topological polar surface area (TPSA) is 81.1 Å². The van der Waals surface area contributed by atoms with E-state index in [1.54, 1.807) is 11.6 Å². The summed E-state index contributed by atoms with van der Waals surface area (Å²) in [6, 6.07) is -0.977. The van der Waals surface area contributed by atoms with Gasteiger partial charge in [-0.1, -0.05) is 0 Å². The number of carbonyl (C=O) groups is 1. The summed E-state index contributed by atoms with van der Waals surface area (Å²) in [4.78, 5) is 10.7. The maximum atomic E-state index is 10.7. The molecule has 0 fully saturated rings. The Labute approximate surface area is 82.5 Å². The molecule has 0 bridgehead atoms. The predicted octanol–water partition coefficient (Wildman–Crippen LogP) is 0.604. The molecule has 1 unspecified atom stereocenters. The lowest BCUT2D eigenvalue weighted by atomic mass is 10.1. The molecule has 14 heavy (non-hydrogen) atoms. The van der Waals surface area contributed by atoms with Crippen molar-refractivity contribution in [3.8, 4) is 0 Å². The average Bonchev–Trinajstić information content (AvgIpc) is 2.40. The molecule has 0 amide bonds. The number of hydrogen-bond acceptors (Lipinski definition) is 3. The van der Waals surface area contributed by atoms with Crippen molar-refractivity contribution in [1.82, 2.24) is 9.78 Å². The van der Waals surface area contributed by atoms with Crippen LogP contribution in [0.4, 0.5) is 0 Å². The number of aryl methyl sites for hydroxylation is 2. The third kappa shape index (κ3) is 1.63. The summed E-state index contributed by atoms with van der Waals surface area (Å²) >= 11 is 0. The van der Waals surface area contributed by atoms with E-state index in [2.05, 4.69) is 5.10 Å². The Morgan fingerprint density at radius 2 is 2.21 bits per heavy atom. The van der Waals surface area contributed by atoms with Crippen molar-refractivity contribution in [3.63, 3.8) is 0 Å². The first-order valence-corrected chi connectivity index (χ1v) is 4.51. The minimum atomic E-state index is -1.02. The van der Waals surface area contributed by atoms with Gasteiger partial charge in [0.2, 0.25) is 0 Å². The van der Waals surface area contributed by atoms with Crippen molar-refractivity contribution >= 4 is 5.97 Å². The number of aromatic nitrogens is 2. The van der Waals surface area contributed by atoms with E-state index in [0.717, 1.165) is 12.2 Å². The van der Waals surface area contributed by atoms with E-state index in [1.807, 2.05) is 13.8 Å². The van der Waals surface area contributed by atoms with Gasteiger partial charge in [-0.2, -0.15) is 5.10 Å². The zero-order chi connectivity index (χ0) is 10.9. The fourth-order valence-electron chi connectivity index (χ4n) is 1.59. The van der Waals surface area contributed by atoms with Gasteiger partial charge in [0, 0.05) is 17.8 Å². The van der Waals surface area contributed by atoms with Gasteiger partial charge in [-0.3, -0.25) is 9.48 Å². The van der Waals surface area contributed by atoms with Gasteiger partial charge in [0.15, 0.2) is 0 Å². The number of carboxylic acids is 1. The molecule has 1 aromatic rings. The standard InChI is InChI=1S/C9H15N3O2/c1-4-12-6(3)7(5(2)11-12)8(10)9(13)14/h8H,4,10H2,1-3H3,(H,13,14). The minimum absolute atomic E-state index is 0.624. The maximum absolute atomic E-state index is 10.7. The molecule has 5 heteroatoms. The average molecular weight is 197 g/mol. The monoisotopic (exact) mass is 197 g/mol. The van der Waals surface area contributed by atoms with Crippen molar-refractivity contribution in [1.29, 1.82) is 0 Å². The van der Waals surface area contributed by atoms with Gasteiger partial charge in [0.25, 0.3) is 0 Å². The van der Waals surface area contributed by atoms with Crippen LogP contribution in [-0.4, -0.2) is 20.9 Å². The molecule has 0 spiro atoms. The number of aliphatic carboxylic acids is 1. The molecule has 0 aliphatic rings.